The molecule has 0 amide bonds. The van der Waals surface area contributed by atoms with Gasteiger partial charge in [0.1, 0.15) is 11.5 Å². The molecule has 1 heterocycles. The van der Waals surface area contributed by atoms with E-state index in [9.17, 15) is 13.2 Å². The van der Waals surface area contributed by atoms with E-state index in [0.717, 1.165) is 31.7 Å². The first kappa shape index (κ1) is 14.8. The van der Waals surface area contributed by atoms with Crippen molar-refractivity contribution >= 4 is 5.82 Å². The summed E-state index contributed by atoms with van der Waals surface area (Å²) in [4.78, 5) is 3.58. The van der Waals surface area contributed by atoms with Gasteiger partial charge in [-0.25, -0.2) is 4.98 Å². The Morgan fingerprint density at radius 2 is 2.00 bits per heavy atom. The van der Waals surface area contributed by atoms with Crippen molar-refractivity contribution in [3.63, 3.8) is 0 Å². The molecule has 1 aromatic rings. The Bertz CT molecular complexity index is 363. The van der Waals surface area contributed by atoms with Crippen molar-refractivity contribution in [1.82, 2.24) is 4.98 Å². The van der Waals surface area contributed by atoms with Crippen LogP contribution in [-0.4, -0.2) is 11.0 Å². The number of anilines is 1. The van der Waals surface area contributed by atoms with Crippen molar-refractivity contribution in [2.24, 2.45) is 0 Å². The van der Waals surface area contributed by atoms with Gasteiger partial charge in [0.15, 0.2) is 0 Å². The highest BCUT2D eigenvalue weighted by Gasteiger charge is 2.32. The average molecular weight is 260 g/mol. The van der Waals surface area contributed by atoms with Gasteiger partial charge in [-0.2, -0.15) is 13.2 Å². The Morgan fingerprint density at radius 1 is 1.28 bits per heavy atom. The number of hydrogen-bond acceptors (Lipinski definition) is 2. The molecular formula is C13H19F3N2. The standard InChI is InChI=1S/C13H19F3N2/c1-3-4-5-7-10(2)17-12-9-6-8-11(18-12)13(14,15)16/h6,8-10H,3-5,7H2,1-2H3,(H,17,18). The van der Waals surface area contributed by atoms with Gasteiger partial charge in [-0.3, -0.25) is 0 Å². The summed E-state index contributed by atoms with van der Waals surface area (Å²) < 4.78 is 37.4. The Hall–Kier alpha value is -1.26. The lowest BCUT2D eigenvalue weighted by Crippen LogP contribution is -2.17. The molecule has 1 rings (SSSR count). The molecule has 0 radical (unpaired) electrons. The maximum Gasteiger partial charge on any atom is 0.433 e. The minimum atomic E-state index is -4.39. The fourth-order valence-electron chi connectivity index (χ4n) is 1.70. The Labute approximate surface area is 106 Å². The summed E-state index contributed by atoms with van der Waals surface area (Å²) in [5.41, 5.74) is -0.853. The molecule has 18 heavy (non-hydrogen) atoms. The molecule has 102 valence electrons. The number of rotatable bonds is 6. The quantitative estimate of drug-likeness (QED) is 0.763. The van der Waals surface area contributed by atoms with Gasteiger partial charge in [0, 0.05) is 6.04 Å². The van der Waals surface area contributed by atoms with Crippen molar-refractivity contribution < 1.29 is 13.2 Å². The zero-order chi connectivity index (χ0) is 13.6. The summed E-state index contributed by atoms with van der Waals surface area (Å²) in [6.45, 7) is 4.07. The number of nitrogens with one attached hydrogen (secondary N) is 1. The highest BCUT2D eigenvalue weighted by Crippen LogP contribution is 2.28. The zero-order valence-corrected chi connectivity index (χ0v) is 10.7. The molecule has 0 aliphatic carbocycles. The summed E-state index contributed by atoms with van der Waals surface area (Å²) in [5, 5.41) is 3.00. The predicted molar refractivity (Wildman–Crippen MR) is 66.5 cm³/mol. The Kier molecular flexibility index (Phi) is 5.44. The molecule has 1 aromatic heterocycles. The molecule has 5 heteroatoms. The van der Waals surface area contributed by atoms with Crippen LogP contribution in [0.5, 0.6) is 0 Å². The van der Waals surface area contributed by atoms with Crippen molar-refractivity contribution in [3.8, 4) is 0 Å². The van der Waals surface area contributed by atoms with Crippen LogP contribution in [0.3, 0.4) is 0 Å². The van der Waals surface area contributed by atoms with E-state index in [2.05, 4.69) is 17.2 Å². The van der Waals surface area contributed by atoms with Crippen LogP contribution in [0.4, 0.5) is 19.0 Å². The molecular weight excluding hydrogens is 241 g/mol. The fraction of sp³-hybridized carbons (Fsp3) is 0.615. The SMILES string of the molecule is CCCCCC(C)Nc1cccc(C(F)(F)F)n1. The van der Waals surface area contributed by atoms with E-state index in [4.69, 9.17) is 0 Å². The van der Waals surface area contributed by atoms with Crippen LogP contribution in [0.2, 0.25) is 0 Å². The van der Waals surface area contributed by atoms with Crippen LogP contribution in [0.1, 0.15) is 45.2 Å². The number of pyridine rings is 1. The minimum absolute atomic E-state index is 0.132. The van der Waals surface area contributed by atoms with Gasteiger partial charge < -0.3 is 5.32 Å². The van der Waals surface area contributed by atoms with Gasteiger partial charge in [-0.05, 0) is 25.5 Å². The second-order valence-electron chi connectivity index (χ2n) is 4.45. The molecule has 0 aromatic carbocycles. The van der Waals surface area contributed by atoms with Crippen molar-refractivity contribution in [3.05, 3.63) is 23.9 Å². The van der Waals surface area contributed by atoms with E-state index in [1.165, 1.54) is 6.07 Å². The summed E-state index contributed by atoms with van der Waals surface area (Å²) in [5.74, 6) is 0.286. The topological polar surface area (TPSA) is 24.9 Å². The second kappa shape index (κ2) is 6.61. The molecule has 0 aliphatic rings. The van der Waals surface area contributed by atoms with Gasteiger partial charge >= 0.3 is 6.18 Å². The van der Waals surface area contributed by atoms with Gasteiger partial charge in [0.2, 0.25) is 0 Å². The number of aromatic nitrogens is 1. The van der Waals surface area contributed by atoms with Gasteiger partial charge in [-0.15, -0.1) is 0 Å². The first-order chi connectivity index (χ1) is 8.43. The highest BCUT2D eigenvalue weighted by atomic mass is 19.4. The lowest BCUT2D eigenvalue weighted by Gasteiger charge is -2.15. The molecule has 1 N–H and O–H groups in total. The monoisotopic (exact) mass is 260 g/mol. The van der Waals surface area contributed by atoms with Crippen LogP contribution in [0.25, 0.3) is 0 Å². The van der Waals surface area contributed by atoms with E-state index >= 15 is 0 Å². The third kappa shape index (κ3) is 4.94. The van der Waals surface area contributed by atoms with Gasteiger partial charge in [0.25, 0.3) is 0 Å². The van der Waals surface area contributed by atoms with E-state index in [1.807, 2.05) is 6.92 Å². The predicted octanol–water partition coefficient (Wildman–Crippen LogP) is 4.48. The Morgan fingerprint density at radius 3 is 2.61 bits per heavy atom. The first-order valence-corrected chi connectivity index (χ1v) is 6.24. The molecule has 0 aliphatic heterocycles. The summed E-state index contributed by atoms with van der Waals surface area (Å²) in [6.07, 6.45) is -0.102. The zero-order valence-electron chi connectivity index (χ0n) is 10.7. The van der Waals surface area contributed by atoms with Crippen LogP contribution in [0, 0.1) is 0 Å². The third-order valence-electron chi connectivity index (χ3n) is 2.67. The summed E-state index contributed by atoms with van der Waals surface area (Å²) in [6, 6.07) is 4.04. The highest BCUT2D eigenvalue weighted by molar-refractivity contribution is 5.36. The number of hydrogen-bond donors (Lipinski definition) is 1. The van der Waals surface area contributed by atoms with Crippen LogP contribution < -0.4 is 5.32 Å². The largest absolute Gasteiger partial charge is 0.433 e. The molecule has 2 nitrogen and oxygen atoms in total. The number of nitrogens with zero attached hydrogens (tertiary/aromatic N) is 1. The normalized spacial score (nSPS) is 13.4. The number of unbranched alkanes of at least 4 members (excludes halogenated alkanes) is 2. The molecule has 0 spiro atoms. The maximum atomic E-state index is 12.5. The Balaban J connectivity index is 2.57. The van der Waals surface area contributed by atoms with Gasteiger partial charge in [-0.1, -0.05) is 32.3 Å². The van der Waals surface area contributed by atoms with Crippen LogP contribution in [-0.2, 0) is 6.18 Å². The number of alkyl halides is 3. The van der Waals surface area contributed by atoms with Crippen molar-refractivity contribution in [2.45, 2.75) is 51.7 Å². The van der Waals surface area contributed by atoms with E-state index in [-0.39, 0.29) is 11.9 Å². The van der Waals surface area contributed by atoms with Crippen LogP contribution >= 0.6 is 0 Å². The minimum Gasteiger partial charge on any atom is -0.368 e. The molecule has 0 saturated heterocycles. The number of halogens is 3. The smallest absolute Gasteiger partial charge is 0.368 e. The molecule has 0 bridgehead atoms. The van der Waals surface area contributed by atoms with Crippen molar-refractivity contribution in [1.29, 1.82) is 0 Å². The van der Waals surface area contributed by atoms with Crippen molar-refractivity contribution in [2.75, 3.05) is 5.32 Å². The molecule has 1 unspecified atom stereocenters. The maximum absolute atomic E-state index is 12.5. The summed E-state index contributed by atoms with van der Waals surface area (Å²) >= 11 is 0. The molecule has 1 atom stereocenters. The summed E-state index contributed by atoms with van der Waals surface area (Å²) in [7, 11) is 0. The van der Waals surface area contributed by atoms with Crippen LogP contribution in [0.15, 0.2) is 18.2 Å². The molecule has 0 fully saturated rings. The lowest BCUT2D eigenvalue weighted by atomic mass is 10.1. The second-order valence-corrected chi connectivity index (χ2v) is 4.45. The first-order valence-electron chi connectivity index (χ1n) is 6.24. The third-order valence-corrected chi connectivity index (χ3v) is 2.67. The van der Waals surface area contributed by atoms with E-state index < -0.39 is 11.9 Å². The van der Waals surface area contributed by atoms with Gasteiger partial charge in [0.05, 0.1) is 0 Å². The van der Waals surface area contributed by atoms with E-state index in [0.29, 0.717) is 0 Å². The lowest BCUT2D eigenvalue weighted by molar-refractivity contribution is -0.141. The fourth-order valence-corrected chi connectivity index (χ4v) is 1.70. The van der Waals surface area contributed by atoms with E-state index in [1.54, 1.807) is 6.07 Å². The average Bonchev–Trinajstić information content (AvgIpc) is 2.28. The molecule has 0 saturated carbocycles.